The first-order valence-corrected chi connectivity index (χ1v) is 5.06. The predicted molar refractivity (Wildman–Crippen MR) is 59.2 cm³/mol. The lowest BCUT2D eigenvalue weighted by Gasteiger charge is -2.27. The van der Waals surface area contributed by atoms with Crippen molar-refractivity contribution in [1.82, 2.24) is 5.32 Å². The first kappa shape index (κ1) is 14.8. The highest BCUT2D eigenvalue weighted by atomic mass is 19.4. The molecule has 0 fully saturated rings. The van der Waals surface area contributed by atoms with Crippen LogP contribution in [0.1, 0.15) is 18.1 Å². The van der Waals surface area contributed by atoms with Gasteiger partial charge in [0, 0.05) is 0 Å². The lowest BCUT2D eigenvalue weighted by atomic mass is 9.90. The molecule has 0 saturated carbocycles. The van der Waals surface area contributed by atoms with Gasteiger partial charge in [0.2, 0.25) is 5.91 Å². The summed E-state index contributed by atoms with van der Waals surface area (Å²) < 4.78 is 37.7. The van der Waals surface area contributed by atoms with E-state index in [0.717, 1.165) is 19.1 Å². The largest absolute Gasteiger partial charge is 0.465 e. The zero-order valence-corrected chi connectivity index (χ0v) is 9.78. The van der Waals surface area contributed by atoms with Crippen molar-refractivity contribution in [1.29, 1.82) is 0 Å². The van der Waals surface area contributed by atoms with Crippen LogP contribution in [0, 0.1) is 0 Å². The van der Waals surface area contributed by atoms with Gasteiger partial charge in [-0.05, 0) is 24.6 Å². The molecule has 1 atom stereocenters. The molecule has 0 heterocycles. The van der Waals surface area contributed by atoms with Gasteiger partial charge in [0.25, 0.3) is 0 Å². The second kappa shape index (κ2) is 4.79. The van der Waals surface area contributed by atoms with E-state index in [1.165, 1.54) is 6.07 Å². The summed E-state index contributed by atoms with van der Waals surface area (Å²) in [5.74, 6) is -1.10. The Morgan fingerprint density at radius 1 is 1.26 bits per heavy atom. The third-order valence-electron chi connectivity index (χ3n) is 2.62. The van der Waals surface area contributed by atoms with Gasteiger partial charge in [-0.15, -0.1) is 0 Å². The minimum Gasteiger partial charge on any atom is -0.465 e. The van der Waals surface area contributed by atoms with Crippen LogP contribution in [0.25, 0.3) is 0 Å². The molecule has 5 nitrogen and oxygen atoms in total. The van der Waals surface area contributed by atoms with Crippen LogP contribution < -0.4 is 11.1 Å². The average Bonchev–Trinajstić information content (AvgIpc) is 2.26. The first-order chi connectivity index (χ1) is 8.57. The standard InChI is InChI=1S/C11H11F3N2O3/c1-10(8(15)17,16-9(18)19)6-3-2-4-7(5-6)11(12,13)14/h2-5,16H,1H3,(H2,15,17)(H,18,19)/t10-/m0/s1. The molecular formula is C11H11F3N2O3. The molecule has 0 aliphatic carbocycles. The molecule has 2 amide bonds. The molecule has 0 bridgehead atoms. The van der Waals surface area contributed by atoms with Gasteiger partial charge >= 0.3 is 12.3 Å². The molecule has 0 aliphatic heterocycles. The third-order valence-corrected chi connectivity index (χ3v) is 2.62. The van der Waals surface area contributed by atoms with E-state index in [1.54, 1.807) is 0 Å². The SMILES string of the molecule is C[C@@](NC(=O)O)(C(N)=O)c1cccc(C(F)(F)F)c1. The number of amides is 2. The van der Waals surface area contributed by atoms with Crippen LogP contribution in [0.2, 0.25) is 0 Å². The maximum Gasteiger partial charge on any atom is 0.416 e. The molecule has 0 aromatic heterocycles. The summed E-state index contributed by atoms with van der Waals surface area (Å²) in [5.41, 5.74) is 1.95. The van der Waals surface area contributed by atoms with Gasteiger partial charge in [-0.25, -0.2) is 4.79 Å². The fraction of sp³-hybridized carbons (Fsp3) is 0.273. The number of rotatable bonds is 3. The van der Waals surface area contributed by atoms with E-state index in [1.807, 2.05) is 5.32 Å². The van der Waals surface area contributed by atoms with Crippen LogP contribution in [0.4, 0.5) is 18.0 Å². The number of carboxylic acid groups (broad SMARTS) is 1. The Morgan fingerprint density at radius 2 is 1.79 bits per heavy atom. The molecule has 0 saturated heterocycles. The van der Waals surface area contributed by atoms with Crippen LogP contribution in [-0.2, 0) is 16.5 Å². The number of alkyl halides is 3. The minimum absolute atomic E-state index is 0.183. The van der Waals surface area contributed by atoms with Gasteiger partial charge in [-0.2, -0.15) is 13.2 Å². The molecule has 0 unspecified atom stereocenters. The van der Waals surface area contributed by atoms with Crippen molar-refractivity contribution in [3.63, 3.8) is 0 Å². The Labute approximate surface area is 106 Å². The smallest absolute Gasteiger partial charge is 0.416 e. The molecule has 4 N–H and O–H groups in total. The molecular weight excluding hydrogens is 265 g/mol. The number of nitrogens with one attached hydrogen (secondary N) is 1. The highest BCUT2D eigenvalue weighted by Gasteiger charge is 2.38. The number of hydrogen-bond acceptors (Lipinski definition) is 2. The molecule has 1 aromatic rings. The predicted octanol–water partition coefficient (Wildman–Crippen LogP) is 1.67. The van der Waals surface area contributed by atoms with Gasteiger partial charge < -0.3 is 16.2 Å². The highest BCUT2D eigenvalue weighted by Crippen LogP contribution is 2.32. The average molecular weight is 276 g/mol. The van der Waals surface area contributed by atoms with Gasteiger partial charge in [-0.3, -0.25) is 4.79 Å². The fourth-order valence-electron chi connectivity index (χ4n) is 1.50. The number of carbonyl (C=O) groups excluding carboxylic acids is 1. The molecule has 1 rings (SSSR count). The van der Waals surface area contributed by atoms with E-state index in [-0.39, 0.29) is 5.56 Å². The van der Waals surface area contributed by atoms with Crippen molar-refractivity contribution in [3.8, 4) is 0 Å². The van der Waals surface area contributed by atoms with Crippen LogP contribution in [0.3, 0.4) is 0 Å². The highest BCUT2D eigenvalue weighted by molar-refractivity contribution is 5.89. The van der Waals surface area contributed by atoms with E-state index in [0.29, 0.717) is 6.07 Å². The summed E-state index contributed by atoms with van der Waals surface area (Å²) >= 11 is 0. The summed E-state index contributed by atoms with van der Waals surface area (Å²) in [7, 11) is 0. The van der Waals surface area contributed by atoms with Gasteiger partial charge in [0.15, 0.2) is 0 Å². The van der Waals surface area contributed by atoms with Crippen LogP contribution in [0.5, 0.6) is 0 Å². The van der Waals surface area contributed by atoms with Gasteiger partial charge in [-0.1, -0.05) is 12.1 Å². The van der Waals surface area contributed by atoms with Crippen molar-refractivity contribution in [2.45, 2.75) is 18.6 Å². The zero-order chi connectivity index (χ0) is 14.8. The van der Waals surface area contributed by atoms with Crippen LogP contribution in [0.15, 0.2) is 24.3 Å². The number of halogens is 3. The number of hydrogen-bond donors (Lipinski definition) is 3. The summed E-state index contributed by atoms with van der Waals surface area (Å²) in [6.45, 7) is 1.10. The van der Waals surface area contributed by atoms with E-state index in [9.17, 15) is 22.8 Å². The summed E-state index contributed by atoms with van der Waals surface area (Å²) in [6.07, 6.45) is -6.17. The normalized spacial score (nSPS) is 14.5. The second-order valence-electron chi connectivity index (χ2n) is 4.00. The first-order valence-electron chi connectivity index (χ1n) is 5.06. The van der Waals surface area contributed by atoms with Crippen molar-refractivity contribution < 1.29 is 27.9 Å². The Morgan fingerprint density at radius 3 is 2.21 bits per heavy atom. The quantitative estimate of drug-likeness (QED) is 0.784. The fourth-order valence-corrected chi connectivity index (χ4v) is 1.50. The van der Waals surface area contributed by atoms with E-state index < -0.39 is 29.3 Å². The van der Waals surface area contributed by atoms with E-state index in [4.69, 9.17) is 10.8 Å². The lowest BCUT2D eigenvalue weighted by Crippen LogP contribution is -2.52. The Hall–Kier alpha value is -2.25. The van der Waals surface area contributed by atoms with E-state index >= 15 is 0 Å². The Kier molecular flexibility index (Phi) is 3.73. The number of carbonyl (C=O) groups is 2. The minimum atomic E-state index is -4.60. The van der Waals surface area contributed by atoms with Crippen molar-refractivity contribution in [3.05, 3.63) is 35.4 Å². The molecule has 8 heteroatoms. The summed E-state index contributed by atoms with van der Waals surface area (Å²) in [5, 5.41) is 10.5. The van der Waals surface area contributed by atoms with Gasteiger partial charge in [0.1, 0.15) is 5.54 Å². The number of benzene rings is 1. The maximum atomic E-state index is 12.6. The van der Waals surface area contributed by atoms with E-state index in [2.05, 4.69) is 0 Å². The molecule has 0 spiro atoms. The summed E-state index contributed by atoms with van der Waals surface area (Å²) in [6, 6.07) is 3.76. The van der Waals surface area contributed by atoms with Crippen molar-refractivity contribution in [2.24, 2.45) is 5.73 Å². The molecule has 0 aliphatic rings. The molecule has 1 aromatic carbocycles. The molecule has 104 valence electrons. The second-order valence-corrected chi connectivity index (χ2v) is 4.00. The Bertz CT molecular complexity index is 516. The lowest BCUT2D eigenvalue weighted by molar-refractivity contribution is -0.137. The van der Waals surface area contributed by atoms with Crippen molar-refractivity contribution in [2.75, 3.05) is 0 Å². The number of nitrogens with two attached hydrogens (primary N) is 1. The van der Waals surface area contributed by atoms with Crippen molar-refractivity contribution >= 4 is 12.0 Å². The molecule has 0 radical (unpaired) electrons. The topological polar surface area (TPSA) is 92.4 Å². The number of primary amides is 1. The Balaban J connectivity index is 3.32. The van der Waals surface area contributed by atoms with Crippen LogP contribution in [-0.4, -0.2) is 17.1 Å². The van der Waals surface area contributed by atoms with Gasteiger partial charge in [0.05, 0.1) is 5.56 Å². The zero-order valence-electron chi connectivity index (χ0n) is 9.78. The van der Waals surface area contributed by atoms with Crippen LogP contribution >= 0.6 is 0 Å². The maximum absolute atomic E-state index is 12.6. The summed E-state index contributed by atoms with van der Waals surface area (Å²) in [4.78, 5) is 22.0. The molecule has 19 heavy (non-hydrogen) atoms. The monoisotopic (exact) mass is 276 g/mol. The third kappa shape index (κ3) is 3.15.